The molecule has 0 aliphatic heterocycles. The molecule has 0 atom stereocenters. The number of imidazole rings is 1. The summed E-state index contributed by atoms with van der Waals surface area (Å²) in [6.45, 7) is 9.68. The topological polar surface area (TPSA) is 8.81 Å². The molecule has 0 saturated carbocycles. The number of hydrogen-bond acceptors (Lipinski definition) is 0. The highest BCUT2D eigenvalue weighted by molar-refractivity contribution is 6.42. The van der Waals surface area contributed by atoms with Crippen molar-refractivity contribution in [3.05, 3.63) is 40.7 Å². The lowest BCUT2D eigenvalue weighted by molar-refractivity contribution is -0.668. The third-order valence-electron chi connectivity index (χ3n) is 3.01. The molecule has 0 N–H and O–H groups in total. The predicted octanol–water partition coefficient (Wildman–Crippen LogP) is 3.75. The van der Waals surface area contributed by atoms with Gasteiger partial charge in [0.2, 0.25) is 0 Å². The summed E-state index contributed by atoms with van der Waals surface area (Å²) in [5.74, 6) is 1.18. The van der Waals surface area contributed by atoms with Gasteiger partial charge in [-0.1, -0.05) is 35.9 Å². The molecule has 2 rings (SSSR count). The Bertz CT molecular complexity index is 585. The molecule has 0 aliphatic carbocycles. The van der Waals surface area contributed by atoms with E-state index in [2.05, 4.69) is 29.6 Å². The minimum Gasteiger partial charge on any atom is -0.228 e. The minimum atomic E-state index is 0.588. The lowest BCUT2D eigenvalue weighted by atomic mass is 10.3. The van der Waals surface area contributed by atoms with Crippen LogP contribution in [0.25, 0.3) is 11.0 Å². The van der Waals surface area contributed by atoms with Crippen LogP contribution in [0.4, 0.5) is 0 Å². The van der Waals surface area contributed by atoms with Gasteiger partial charge in [-0.2, -0.15) is 0 Å². The van der Waals surface area contributed by atoms with Gasteiger partial charge >= 0.3 is 0 Å². The van der Waals surface area contributed by atoms with Gasteiger partial charge in [0, 0.05) is 19.1 Å². The summed E-state index contributed by atoms with van der Waals surface area (Å²) in [5.41, 5.74) is 2.21. The molecule has 4 heteroatoms. The number of aryl methyl sites for hydroxylation is 1. The van der Waals surface area contributed by atoms with Gasteiger partial charge in [0.05, 0.1) is 16.6 Å². The summed E-state index contributed by atoms with van der Waals surface area (Å²) < 4.78 is 4.41. The zero-order chi connectivity index (χ0) is 12.6. The first-order valence-electron chi connectivity index (χ1n) is 5.58. The van der Waals surface area contributed by atoms with Crippen molar-refractivity contribution in [1.29, 1.82) is 0 Å². The molecule has 0 aliphatic rings. The highest BCUT2D eigenvalue weighted by atomic mass is 35.5. The number of hydrogen-bond donors (Lipinski definition) is 0. The third kappa shape index (κ3) is 1.96. The van der Waals surface area contributed by atoms with Gasteiger partial charge in [-0.3, -0.25) is 0 Å². The fourth-order valence-electron chi connectivity index (χ4n) is 2.21. The number of benzene rings is 1. The fraction of sp³-hybridized carbons (Fsp3) is 0.308. The Hall–Kier alpha value is -0.990. The van der Waals surface area contributed by atoms with Crippen molar-refractivity contribution in [2.75, 3.05) is 0 Å². The number of halogens is 2. The molecule has 0 spiro atoms. The molecule has 0 saturated heterocycles. The van der Waals surface area contributed by atoms with Gasteiger partial charge < -0.3 is 0 Å². The molecule has 0 amide bonds. The Morgan fingerprint density at radius 3 is 2.59 bits per heavy atom. The van der Waals surface area contributed by atoms with E-state index in [-0.39, 0.29) is 0 Å². The molecule has 0 bridgehead atoms. The Kier molecular flexibility index (Phi) is 3.45. The summed E-state index contributed by atoms with van der Waals surface area (Å²) >= 11 is 12.2. The third-order valence-corrected chi connectivity index (χ3v) is 3.73. The standard InChI is InChI=1S/C13H15Cl2N2/c1-4-6-17-9(3)16(5-2)12-7-10(14)11(15)8-13(12)17/h4,7-8H,1,5-6H2,2-3H3/q+1. The van der Waals surface area contributed by atoms with Gasteiger partial charge in [0.15, 0.2) is 11.0 Å². The lowest BCUT2D eigenvalue weighted by Crippen LogP contribution is -2.35. The molecule has 2 aromatic rings. The van der Waals surface area contributed by atoms with Crippen molar-refractivity contribution in [1.82, 2.24) is 4.57 Å². The largest absolute Gasteiger partial charge is 0.254 e. The van der Waals surface area contributed by atoms with E-state index in [0.717, 1.165) is 24.1 Å². The molecule has 0 unspecified atom stereocenters. The van der Waals surface area contributed by atoms with Crippen LogP contribution in [-0.4, -0.2) is 4.57 Å². The van der Waals surface area contributed by atoms with E-state index in [1.54, 1.807) is 0 Å². The Balaban J connectivity index is 2.85. The van der Waals surface area contributed by atoms with Crippen LogP contribution in [0.1, 0.15) is 12.7 Å². The van der Waals surface area contributed by atoms with Crippen LogP contribution in [-0.2, 0) is 13.1 Å². The van der Waals surface area contributed by atoms with Crippen LogP contribution < -0.4 is 4.57 Å². The first-order chi connectivity index (χ1) is 8.10. The second-order valence-electron chi connectivity index (χ2n) is 3.95. The molecule has 0 fully saturated rings. The number of fused-ring (bicyclic) bond motifs is 1. The first kappa shape index (κ1) is 12.5. The normalized spacial score (nSPS) is 11.1. The SMILES string of the molecule is C=CC[n+]1c(C)n(CC)c2cc(Cl)c(Cl)cc21. The van der Waals surface area contributed by atoms with E-state index in [1.807, 2.05) is 18.2 Å². The first-order valence-corrected chi connectivity index (χ1v) is 6.34. The van der Waals surface area contributed by atoms with Gasteiger partial charge in [0.25, 0.3) is 5.82 Å². The monoisotopic (exact) mass is 269 g/mol. The number of aromatic nitrogens is 2. The predicted molar refractivity (Wildman–Crippen MR) is 72.8 cm³/mol. The molecule has 90 valence electrons. The summed E-state index contributed by atoms with van der Waals surface area (Å²) in [5, 5.41) is 1.18. The van der Waals surface area contributed by atoms with Crippen molar-refractivity contribution < 1.29 is 4.57 Å². The van der Waals surface area contributed by atoms with Crippen molar-refractivity contribution in [3.63, 3.8) is 0 Å². The smallest absolute Gasteiger partial charge is 0.228 e. The zero-order valence-corrected chi connectivity index (χ0v) is 11.5. The summed E-state index contributed by atoms with van der Waals surface area (Å²) in [7, 11) is 0. The maximum Gasteiger partial charge on any atom is 0.254 e. The van der Waals surface area contributed by atoms with Gasteiger partial charge in [-0.15, -0.1) is 0 Å². The van der Waals surface area contributed by atoms with Crippen LogP contribution in [0.2, 0.25) is 10.0 Å². The van der Waals surface area contributed by atoms with Gasteiger partial charge in [-0.05, 0) is 6.92 Å². The number of rotatable bonds is 3. The Morgan fingerprint density at radius 2 is 2.00 bits per heavy atom. The quantitative estimate of drug-likeness (QED) is 0.593. The van der Waals surface area contributed by atoms with Gasteiger partial charge in [-0.25, -0.2) is 9.13 Å². The van der Waals surface area contributed by atoms with Crippen molar-refractivity contribution in [2.24, 2.45) is 0 Å². The van der Waals surface area contributed by atoms with Crippen LogP contribution in [0.5, 0.6) is 0 Å². The second kappa shape index (κ2) is 4.71. The maximum absolute atomic E-state index is 6.08. The number of nitrogens with zero attached hydrogens (tertiary/aromatic N) is 2. The van der Waals surface area contributed by atoms with Crippen LogP contribution in [0.15, 0.2) is 24.8 Å². The highest BCUT2D eigenvalue weighted by Crippen LogP contribution is 2.27. The van der Waals surface area contributed by atoms with Crippen molar-refractivity contribution in [3.8, 4) is 0 Å². The van der Waals surface area contributed by atoms with E-state index in [0.29, 0.717) is 10.0 Å². The van der Waals surface area contributed by atoms with Crippen molar-refractivity contribution in [2.45, 2.75) is 26.9 Å². The van der Waals surface area contributed by atoms with Crippen molar-refractivity contribution >= 4 is 34.2 Å². The molecule has 1 aromatic heterocycles. The summed E-state index contributed by atoms with van der Waals surface area (Å²) in [4.78, 5) is 0. The van der Waals surface area contributed by atoms with Gasteiger partial charge in [0.1, 0.15) is 6.54 Å². The highest BCUT2D eigenvalue weighted by Gasteiger charge is 2.21. The summed E-state index contributed by atoms with van der Waals surface area (Å²) in [6.07, 6.45) is 1.88. The zero-order valence-electron chi connectivity index (χ0n) is 10.0. The maximum atomic E-state index is 6.08. The van der Waals surface area contributed by atoms with E-state index < -0.39 is 0 Å². The number of allylic oxidation sites excluding steroid dienone is 1. The lowest BCUT2D eigenvalue weighted by Gasteiger charge is -1.96. The molecule has 0 radical (unpaired) electrons. The fourth-order valence-corrected chi connectivity index (χ4v) is 2.53. The molecule has 1 aromatic carbocycles. The molecule has 1 heterocycles. The molecular formula is C13H15Cl2N2+. The van der Waals surface area contributed by atoms with E-state index >= 15 is 0 Å². The molecule has 17 heavy (non-hydrogen) atoms. The van der Waals surface area contributed by atoms with E-state index in [9.17, 15) is 0 Å². The minimum absolute atomic E-state index is 0.588. The van der Waals surface area contributed by atoms with Crippen LogP contribution in [0.3, 0.4) is 0 Å². The molecule has 2 nitrogen and oxygen atoms in total. The van der Waals surface area contributed by atoms with E-state index in [4.69, 9.17) is 23.2 Å². The Morgan fingerprint density at radius 1 is 1.35 bits per heavy atom. The summed E-state index contributed by atoms with van der Waals surface area (Å²) in [6, 6.07) is 3.84. The Labute approximate surface area is 111 Å². The average molecular weight is 270 g/mol. The second-order valence-corrected chi connectivity index (χ2v) is 4.76. The van der Waals surface area contributed by atoms with Crippen LogP contribution >= 0.6 is 23.2 Å². The molecular weight excluding hydrogens is 255 g/mol. The van der Waals surface area contributed by atoms with E-state index in [1.165, 1.54) is 5.82 Å². The van der Waals surface area contributed by atoms with Crippen LogP contribution in [0, 0.1) is 6.92 Å². The average Bonchev–Trinajstić information content (AvgIpc) is 2.54.